The Labute approximate surface area is 156 Å². The van der Waals surface area contributed by atoms with E-state index in [1.807, 2.05) is 72.8 Å². The highest BCUT2D eigenvalue weighted by Gasteiger charge is 2.00. The zero-order valence-corrected chi connectivity index (χ0v) is 14.8. The van der Waals surface area contributed by atoms with Gasteiger partial charge in [0, 0.05) is 15.6 Å². The zero-order valence-electron chi connectivity index (χ0n) is 13.3. The van der Waals surface area contributed by atoms with E-state index < -0.39 is 0 Å². The zero-order chi connectivity index (χ0) is 17.5. The summed E-state index contributed by atoms with van der Waals surface area (Å²) in [7, 11) is 0. The first-order valence-corrected chi connectivity index (χ1v) is 8.47. The molecule has 0 aliphatic rings. The van der Waals surface area contributed by atoms with E-state index in [0.717, 1.165) is 22.6 Å². The van der Waals surface area contributed by atoms with Crippen LogP contribution in [0.25, 0.3) is 0 Å². The van der Waals surface area contributed by atoms with Gasteiger partial charge in [0.05, 0.1) is 11.9 Å². The number of hydrogen-bond donors (Lipinski definition) is 1. The van der Waals surface area contributed by atoms with Crippen molar-refractivity contribution < 1.29 is 4.74 Å². The molecule has 0 amide bonds. The Morgan fingerprint density at radius 1 is 0.880 bits per heavy atom. The van der Waals surface area contributed by atoms with Crippen LogP contribution in [0.5, 0.6) is 5.75 Å². The van der Waals surface area contributed by atoms with Gasteiger partial charge in [-0.1, -0.05) is 41.4 Å². The largest absolute Gasteiger partial charge is 0.489 e. The first kappa shape index (κ1) is 17.3. The molecule has 25 heavy (non-hydrogen) atoms. The highest BCUT2D eigenvalue weighted by molar-refractivity contribution is 6.31. The van der Waals surface area contributed by atoms with E-state index in [1.165, 1.54) is 0 Å². The number of hydrazone groups is 1. The molecule has 0 aliphatic carbocycles. The van der Waals surface area contributed by atoms with Crippen LogP contribution in [-0.4, -0.2) is 6.21 Å². The van der Waals surface area contributed by atoms with Gasteiger partial charge in [0.1, 0.15) is 12.4 Å². The second kappa shape index (κ2) is 8.56. The smallest absolute Gasteiger partial charge is 0.119 e. The average molecular weight is 371 g/mol. The highest BCUT2D eigenvalue weighted by atomic mass is 35.5. The molecule has 126 valence electrons. The lowest BCUT2D eigenvalue weighted by molar-refractivity contribution is 0.306. The Morgan fingerprint density at radius 3 is 2.32 bits per heavy atom. The third-order valence-electron chi connectivity index (χ3n) is 3.48. The van der Waals surface area contributed by atoms with E-state index in [-0.39, 0.29) is 0 Å². The number of anilines is 1. The van der Waals surface area contributed by atoms with Crippen LogP contribution in [0.2, 0.25) is 10.0 Å². The van der Waals surface area contributed by atoms with Gasteiger partial charge in [-0.15, -0.1) is 0 Å². The number of benzene rings is 3. The second-order valence-corrected chi connectivity index (χ2v) is 6.17. The van der Waals surface area contributed by atoms with Gasteiger partial charge < -0.3 is 4.74 Å². The van der Waals surface area contributed by atoms with Crippen molar-refractivity contribution in [2.75, 3.05) is 5.43 Å². The van der Waals surface area contributed by atoms with Crippen LogP contribution in [0.4, 0.5) is 5.69 Å². The molecule has 3 aromatic carbocycles. The Morgan fingerprint density at radius 2 is 1.60 bits per heavy atom. The molecule has 0 saturated carbocycles. The summed E-state index contributed by atoms with van der Waals surface area (Å²) in [6.45, 7) is 0.436. The van der Waals surface area contributed by atoms with Gasteiger partial charge in [0.15, 0.2) is 0 Å². The molecule has 0 heterocycles. The summed E-state index contributed by atoms with van der Waals surface area (Å²) in [6.07, 6.45) is 1.74. The van der Waals surface area contributed by atoms with Crippen molar-refractivity contribution in [3.8, 4) is 5.75 Å². The van der Waals surface area contributed by atoms with E-state index in [1.54, 1.807) is 6.21 Å². The van der Waals surface area contributed by atoms with E-state index >= 15 is 0 Å². The average Bonchev–Trinajstić information content (AvgIpc) is 2.64. The number of ether oxygens (including phenoxy) is 1. The van der Waals surface area contributed by atoms with Crippen LogP contribution in [0.3, 0.4) is 0 Å². The quantitative estimate of drug-likeness (QED) is 0.425. The fourth-order valence-electron chi connectivity index (χ4n) is 2.13. The maximum absolute atomic E-state index is 6.12. The van der Waals surface area contributed by atoms with Crippen LogP contribution in [0.15, 0.2) is 77.9 Å². The minimum atomic E-state index is 0.436. The molecular weight excluding hydrogens is 355 g/mol. The van der Waals surface area contributed by atoms with Crippen molar-refractivity contribution in [1.29, 1.82) is 0 Å². The van der Waals surface area contributed by atoms with Gasteiger partial charge in [-0.25, -0.2) is 0 Å². The van der Waals surface area contributed by atoms with Crippen LogP contribution in [0.1, 0.15) is 11.1 Å². The Bertz CT molecular complexity index is 846. The SMILES string of the molecule is Clc1ccc(NN=Cc2ccc(OCc3ccccc3Cl)cc2)cc1. The molecule has 3 nitrogen and oxygen atoms in total. The Kier molecular flexibility index (Phi) is 5.94. The minimum absolute atomic E-state index is 0.436. The van der Waals surface area contributed by atoms with E-state index in [2.05, 4.69) is 10.5 Å². The third-order valence-corrected chi connectivity index (χ3v) is 4.10. The standard InChI is InChI=1S/C20H16Cl2N2O/c21-17-7-9-18(10-8-17)24-23-13-15-5-11-19(12-6-15)25-14-16-3-1-2-4-20(16)22/h1-13,24H,14H2. The predicted octanol–water partition coefficient (Wildman–Crippen LogP) is 6.02. The van der Waals surface area contributed by atoms with Crippen molar-refractivity contribution in [2.45, 2.75) is 6.61 Å². The van der Waals surface area contributed by atoms with Crippen molar-refractivity contribution >= 4 is 35.1 Å². The lowest BCUT2D eigenvalue weighted by Gasteiger charge is -2.07. The molecule has 5 heteroatoms. The molecule has 0 fully saturated rings. The topological polar surface area (TPSA) is 33.6 Å². The lowest BCUT2D eigenvalue weighted by Crippen LogP contribution is -1.96. The summed E-state index contributed by atoms with van der Waals surface area (Å²) in [6, 6.07) is 22.7. The molecule has 0 saturated heterocycles. The number of halogens is 2. The Hall–Kier alpha value is -2.49. The summed E-state index contributed by atoms with van der Waals surface area (Å²) in [5.74, 6) is 0.780. The molecule has 1 N–H and O–H groups in total. The minimum Gasteiger partial charge on any atom is -0.489 e. The van der Waals surface area contributed by atoms with Crippen molar-refractivity contribution in [1.82, 2.24) is 0 Å². The van der Waals surface area contributed by atoms with Crippen molar-refractivity contribution in [3.63, 3.8) is 0 Å². The number of nitrogens with one attached hydrogen (secondary N) is 1. The van der Waals surface area contributed by atoms with Gasteiger partial charge in [-0.3, -0.25) is 5.43 Å². The van der Waals surface area contributed by atoms with Crippen molar-refractivity contribution in [3.05, 3.63) is 94.0 Å². The first-order chi connectivity index (χ1) is 12.2. The number of hydrogen-bond acceptors (Lipinski definition) is 3. The van der Waals surface area contributed by atoms with Crippen LogP contribution in [0, 0.1) is 0 Å². The monoisotopic (exact) mass is 370 g/mol. The maximum Gasteiger partial charge on any atom is 0.119 e. The summed E-state index contributed by atoms with van der Waals surface area (Å²) < 4.78 is 5.76. The van der Waals surface area contributed by atoms with Gasteiger partial charge in [-0.2, -0.15) is 5.10 Å². The number of nitrogens with zero attached hydrogens (tertiary/aromatic N) is 1. The van der Waals surface area contributed by atoms with Crippen LogP contribution in [-0.2, 0) is 6.61 Å². The van der Waals surface area contributed by atoms with Gasteiger partial charge in [0.25, 0.3) is 0 Å². The first-order valence-electron chi connectivity index (χ1n) is 7.71. The van der Waals surface area contributed by atoms with Crippen LogP contribution < -0.4 is 10.2 Å². The molecule has 0 unspecified atom stereocenters. The molecule has 0 aliphatic heterocycles. The van der Waals surface area contributed by atoms with Crippen LogP contribution >= 0.6 is 23.2 Å². The molecule has 0 atom stereocenters. The molecule has 0 radical (unpaired) electrons. The van der Waals surface area contributed by atoms with Crippen molar-refractivity contribution in [2.24, 2.45) is 5.10 Å². The normalized spacial score (nSPS) is 10.8. The fourth-order valence-corrected chi connectivity index (χ4v) is 2.45. The lowest BCUT2D eigenvalue weighted by atomic mass is 10.2. The van der Waals surface area contributed by atoms with E-state index in [4.69, 9.17) is 27.9 Å². The second-order valence-electron chi connectivity index (χ2n) is 5.33. The summed E-state index contributed by atoms with van der Waals surface area (Å²) >= 11 is 12.0. The van der Waals surface area contributed by atoms with Gasteiger partial charge in [-0.05, 0) is 60.2 Å². The van der Waals surface area contributed by atoms with E-state index in [9.17, 15) is 0 Å². The summed E-state index contributed by atoms with van der Waals surface area (Å²) in [5, 5.41) is 5.60. The highest BCUT2D eigenvalue weighted by Crippen LogP contribution is 2.19. The molecule has 0 bridgehead atoms. The molecule has 0 aromatic heterocycles. The summed E-state index contributed by atoms with van der Waals surface area (Å²) in [4.78, 5) is 0. The Balaban J connectivity index is 1.54. The predicted molar refractivity (Wildman–Crippen MR) is 105 cm³/mol. The molecule has 0 spiro atoms. The van der Waals surface area contributed by atoms with Gasteiger partial charge >= 0.3 is 0 Å². The molecule has 3 rings (SSSR count). The van der Waals surface area contributed by atoms with E-state index in [0.29, 0.717) is 16.7 Å². The molecular formula is C20H16Cl2N2O. The number of rotatable bonds is 6. The molecule has 3 aromatic rings. The summed E-state index contributed by atoms with van der Waals surface area (Å²) in [5.41, 5.74) is 5.75. The van der Waals surface area contributed by atoms with Gasteiger partial charge in [0.2, 0.25) is 0 Å². The third kappa shape index (κ3) is 5.24. The maximum atomic E-state index is 6.12. The fraction of sp³-hybridized carbons (Fsp3) is 0.0500.